The van der Waals surface area contributed by atoms with Crippen LogP contribution in [0.25, 0.3) is 0 Å². The molecule has 0 radical (unpaired) electrons. The number of benzene rings is 1. The van der Waals surface area contributed by atoms with Crippen LogP contribution in [0.5, 0.6) is 5.75 Å². The lowest BCUT2D eigenvalue weighted by Crippen LogP contribution is -2.35. The lowest BCUT2D eigenvalue weighted by Gasteiger charge is -2.32. The zero-order valence-electron chi connectivity index (χ0n) is 12.6. The van der Waals surface area contributed by atoms with E-state index in [0.717, 1.165) is 31.7 Å². The summed E-state index contributed by atoms with van der Waals surface area (Å²) >= 11 is 0. The van der Waals surface area contributed by atoms with Crippen LogP contribution in [0.2, 0.25) is 0 Å². The monoisotopic (exact) mass is 265 g/mol. The Labute approximate surface area is 117 Å². The molecule has 0 aliphatic rings. The first-order chi connectivity index (χ1) is 9.03. The summed E-state index contributed by atoms with van der Waals surface area (Å²) in [7, 11) is 3.79. The topological polar surface area (TPSA) is 32.7 Å². The van der Waals surface area contributed by atoms with Crippen molar-refractivity contribution in [2.45, 2.75) is 33.2 Å². The standard InChI is InChI=1S/C16H27NO2/c1-5-9-16(2,13-18)12-17(3)11-14-7-6-8-15(10-14)19-4/h6-8,10,18H,5,9,11-13H2,1-4H3. The zero-order valence-corrected chi connectivity index (χ0v) is 12.6. The molecule has 1 atom stereocenters. The van der Waals surface area contributed by atoms with Crippen molar-refractivity contribution in [2.75, 3.05) is 27.3 Å². The van der Waals surface area contributed by atoms with Gasteiger partial charge in [-0.3, -0.25) is 0 Å². The molecule has 108 valence electrons. The summed E-state index contributed by atoms with van der Waals surface area (Å²) in [6.07, 6.45) is 2.15. The van der Waals surface area contributed by atoms with Crippen LogP contribution in [0.3, 0.4) is 0 Å². The van der Waals surface area contributed by atoms with Gasteiger partial charge in [0, 0.05) is 25.1 Å². The summed E-state index contributed by atoms with van der Waals surface area (Å²) in [5.74, 6) is 0.893. The Kier molecular flexibility index (Phi) is 6.32. The molecule has 0 bridgehead atoms. The number of aliphatic hydroxyl groups excluding tert-OH is 1. The van der Waals surface area contributed by atoms with E-state index in [-0.39, 0.29) is 12.0 Å². The van der Waals surface area contributed by atoms with E-state index in [1.54, 1.807) is 7.11 Å². The third-order valence-corrected chi connectivity index (χ3v) is 3.47. The van der Waals surface area contributed by atoms with E-state index in [1.807, 2.05) is 12.1 Å². The smallest absolute Gasteiger partial charge is 0.119 e. The van der Waals surface area contributed by atoms with Crippen LogP contribution >= 0.6 is 0 Å². The van der Waals surface area contributed by atoms with Crippen LogP contribution in [0.4, 0.5) is 0 Å². The maximum Gasteiger partial charge on any atom is 0.119 e. The van der Waals surface area contributed by atoms with E-state index < -0.39 is 0 Å². The van der Waals surface area contributed by atoms with Crippen molar-refractivity contribution in [3.05, 3.63) is 29.8 Å². The number of hydrogen-bond acceptors (Lipinski definition) is 3. The fourth-order valence-corrected chi connectivity index (χ4v) is 2.60. The molecule has 0 heterocycles. The third kappa shape index (κ3) is 5.21. The van der Waals surface area contributed by atoms with Gasteiger partial charge in [0.25, 0.3) is 0 Å². The first-order valence-corrected chi connectivity index (χ1v) is 6.95. The Bertz CT molecular complexity index is 381. The molecule has 1 unspecified atom stereocenters. The van der Waals surface area contributed by atoms with Gasteiger partial charge in [0.1, 0.15) is 5.75 Å². The number of hydrogen-bond donors (Lipinski definition) is 1. The summed E-state index contributed by atoms with van der Waals surface area (Å²) < 4.78 is 5.24. The molecule has 1 rings (SSSR count). The van der Waals surface area contributed by atoms with Crippen LogP contribution in [-0.4, -0.2) is 37.3 Å². The lowest BCUT2D eigenvalue weighted by atomic mass is 9.86. The molecule has 0 spiro atoms. The number of rotatable bonds is 8. The lowest BCUT2D eigenvalue weighted by molar-refractivity contribution is 0.0878. The highest BCUT2D eigenvalue weighted by Gasteiger charge is 2.24. The predicted octanol–water partition coefficient (Wildman–Crippen LogP) is 2.93. The number of ether oxygens (including phenoxy) is 1. The van der Waals surface area contributed by atoms with Crippen LogP contribution in [0.15, 0.2) is 24.3 Å². The van der Waals surface area contributed by atoms with Crippen molar-refractivity contribution in [3.63, 3.8) is 0 Å². The molecule has 0 saturated heterocycles. The van der Waals surface area contributed by atoms with Crippen LogP contribution in [0, 0.1) is 5.41 Å². The fourth-order valence-electron chi connectivity index (χ4n) is 2.60. The van der Waals surface area contributed by atoms with Gasteiger partial charge >= 0.3 is 0 Å². The van der Waals surface area contributed by atoms with E-state index in [2.05, 4.69) is 37.9 Å². The minimum absolute atomic E-state index is 0.0115. The second-order valence-corrected chi connectivity index (χ2v) is 5.74. The Morgan fingerprint density at radius 2 is 2.11 bits per heavy atom. The van der Waals surface area contributed by atoms with Gasteiger partial charge in [-0.25, -0.2) is 0 Å². The molecule has 1 N–H and O–H groups in total. The van der Waals surface area contributed by atoms with Gasteiger partial charge in [-0.15, -0.1) is 0 Å². The molecule has 0 amide bonds. The van der Waals surface area contributed by atoms with Crippen LogP contribution < -0.4 is 4.74 Å². The molecule has 0 aliphatic heterocycles. The van der Waals surface area contributed by atoms with Gasteiger partial charge in [-0.2, -0.15) is 0 Å². The van der Waals surface area contributed by atoms with Crippen molar-refractivity contribution in [3.8, 4) is 5.75 Å². The molecular weight excluding hydrogens is 238 g/mol. The van der Waals surface area contributed by atoms with Crippen molar-refractivity contribution in [2.24, 2.45) is 5.41 Å². The third-order valence-electron chi connectivity index (χ3n) is 3.47. The van der Waals surface area contributed by atoms with Gasteiger partial charge in [0.05, 0.1) is 7.11 Å². The summed E-state index contributed by atoms with van der Waals surface area (Å²) in [6.45, 7) is 6.32. The van der Waals surface area contributed by atoms with E-state index in [1.165, 1.54) is 5.56 Å². The zero-order chi connectivity index (χ0) is 14.3. The number of nitrogens with zero attached hydrogens (tertiary/aromatic N) is 1. The molecule has 3 nitrogen and oxygen atoms in total. The SMILES string of the molecule is CCCC(C)(CO)CN(C)Cc1cccc(OC)c1. The molecule has 0 saturated carbocycles. The predicted molar refractivity (Wildman–Crippen MR) is 79.4 cm³/mol. The largest absolute Gasteiger partial charge is 0.497 e. The van der Waals surface area contributed by atoms with Crippen LogP contribution in [-0.2, 0) is 6.54 Å². The van der Waals surface area contributed by atoms with Gasteiger partial charge in [-0.1, -0.05) is 32.4 Å². The number of methoxy groups -OCH3 is 1. The average molecular weight is 265 g/mol. The Balaban J connectivity index is 2.60. The van der Waals surface area contributed by atoms with Crippen molar-refractivity contribution in [1.29, 1.82) is 0 Å². The Hall–Kier alpha value is -1.06. The first kappa shape index (κ1) is 16.0. The first-order valence-electron chi connectivity index (χ1n) is 6.95. The Morgan fingerprint density at radius 3 is 2.68 bits per heavy atom. The van der Waals surface area contributed by atoms with E-state index in [9.17, 15) is 5.11 Å². The van der Waals surface area contributed by atoms with Gasteiger partial charge in [-0.05, 0) is 31.2 Å². The highest BCUT2D eigenvalue weighted by Crippen LogP contribution is 2.24. The molecule has 0 fully saturated rings. The molecule has 0 aliphatic carbocycles. The minimum atomic E-state index is -0.0115. The van der Waals surface area contributed by atoms with Crippen molar-refractivity contribution < 1.29 is 9.84 Å². The highest BCUT2D eigenvalue weighted by atomic mass is 16.5. The normalized spacial score (nSPS) is 14.4. The maximum atomic E-state index is 9.57. The molecule has 1 aromatic rings. The van der Waals surface area contributed by atoms with Gasteiger partial charge < -0.3 is 14.7 Å². The fraction of sp³-hybridized carbons (Fsp3) is 0.625. The molecule has 19 heavy (non-hydrogen) atoms. The summed E-state index contributed by atoms with van der Waals surface area (Å²) in [5.41, 5.74) is 1.22. The maximum absolute atomic E-state index is 9.57. The van der Waals surface area contributed by atoms with Gasteiger partial charge in [0.15, 0.2) is 0 Å². The van der Waals surface area contributed by atoms with Gasteiger partial charge in [0.2, 0.25) is 0 Å². The summed E-state index contributed by atoms with van der Waals surface area (Å²) in [6, 6.07) is 8.14. The van der Waals surface area contributed by atoms with E-state index in [4.69, 9.17) is 4.74 Å². The van der Waals surface area contributed by atoms with E-state index in [0.29, 0.717) is 0 Å². The van der Waals surface area contributed by atoms with E-state index >= 15 is 0 Å². The Morgan fingerprint density at radius 1 is 1.37 bits per heavy atom. The second-order valence-electron chi connectivity index (χ2n) is 5.74. The second kappa shape index (κ2) is 7.51. The average Bonchev–Trinajstić information content (AvgIpc) is 2.39. The molecule has 1 aromatic carbocycles. The summed E-state index contributed by atoms with van der Waals surface area (Å²) in [5, 5.41) is 9.57. The summed E-state index contributed by atoms with van der Waals surface area (Å²) in [4.78, 5) is 2.26. The quantitative estimate of drug-likeness (QED) is 0.784. The highest BCUT2D eigenvalue weighted by molar-refractivity contribution is 5.28. The molecular formula is C16H27NO2. The molecule has 3 heteroatoms. The number of aliphatic hydroxyl groups is 1. The van der Waals surface area contributed by atoms with Crippen LogP contribution in [0.1, 0.15) is 32.3 Å². The van der Waals surface area contributed by atoms with Crippen molar-refractivity contribution in [1.82, 2.24) is 4.90 Å². The van der Waals surface area contributed by atoms with Crippen molar-refractivity contribution >= 4 is 0 Å². The molecule has 0 aromatic heterocycles. The minimum Gasteiger partial charge on any atom is -0.497 e.